The molecule has 0 fully saturated rings. The van der Waals surface area contributed by atoms with Gasteiger partial charge in [0.2, 0.25) is 17.7 Å². The molecule has 0 spiro atoms. The molecule has 0 bridgehead atoms. The van der Waals surface area contributed by atoms with Crippen LogP contribution in [0.25, 0.3) is 0 Å². The monoisotopic (exact) mass is 837 g/mol. The molecule has 61 heavy (non-hydrogen) atoms. The number of rotatable bonds is 24. The van der Waals surface area contributed by atoms with E-state index in [0.29, 0.717) is 25.1 Å². The number of benzene rings is 4. The summed E-state index contributed by atoms with van der Waals surface area (Å²) in [6.45, 7) is 6.02. The molecule has 13 heteroatoms. The lowest BCUT2D eigenvalue weighted by atomic mass is 10.0. The van der Waals surface area contributed by atoms with Crippen LogP contribution in [0.5, 0.6) is 5.75 Å². The van der Waals surface area contributed by atoms with Crippen molar-refractivity contribution < 1.29 is 47.7 Å². The highest BCUT2D eigenvalue weighted by Crippen LogP contribution is 2.18. The van der Waals surface area contributed by atoms with Crippen LogP contribution in [0.3, 0.4) is 0 Å². The van der Waals surface area contributed by atoms with Crippen LogP contribution in [-0.4, -0.2) is 60.9 Å². The van der Waals surface area contributed by atoms with E-state index < -0.39 is 30.0 Å². The van der Waals surface area contributed by atoms with Gasteiger partial charge in [0, 0.05) is 26.3 Å². The van der Waals surface area contributed by atoms with E-state index in [1.807, 2.05) is 73.7 Å². The molecule has 13 nitrogen and oxygen atoms in total. The van der Waals surface area contributed by atoms with E-state index >= 15 is 0 Å². The van der Waals surface area contributed by atoms with E-state index in [1.54, 1.807) is 48.5 Å². The van der Waals surface area contributed by atoms with Gasteiger partial charge in [0.25, 0.3) is 6.10 Å². The molecule has 4 aromatic carbocycles. The van der Waals surface area contributed by atoms with Crippen LogP contribution in [0.2, 0.25) is 0 Å². The standard InChI is InChI=1S/C39H49N3O8.C9H10O2/c1-3-5-9-19-34(43)41-26-35(44)42-33(37(45)40-24-14-6-4-2)25-29-20-22-32(23-21-29)50-36(38(46)48-27-30-15-10-7-11-16-30)39(47)49-28-31-17-12-8-13-18-31;1-8(10)11-7-9-5-3-2-4-6-9/h7-8,10-13,15-18,20-23,33,36H,3-6,9,14,19,24-28H2,1-2H3,(H,40,45)(H,41,43)(H,42,44);2-6H,7H2,1H3. The lowest BCUT2D eigenvalue weighted by Crippen LogP contribution is -2.50. The van der Waals surface area contributed by atoms with Crippen molar-refractivity contribution in [1.29, 1.82) is 0 Å². The van der Waals surface area contributed by atoms with E-state index in [4.69, 9.17) is 18.9 Å². The van der Waals surface area contributed by atoms with E-state index in [9.17, 15) is 28.8 Å². The van der Waals surface area contributed by atoms with Gasteiger partial charge >= 0.3 is 17.9 Å². The molecule has 0 aliphatic rings. The Hall–Kier alpha value is -6.50. The van der Waals surface area contributed by atoms with Crippen molar-refractivity contribution in [3.05, 3.63) is 138 Å². The number of amides is 3. The first kappa shape index (κ1) is 48.9. The number of ether oxygens (including phenoxy) is 4. The highest BCUT2D eigenvalue weighted by Gasteiger charge is 2.33. The normalized spacial score (nSPS) is 10.9. The van der Waals surface area contributed by atoms with E-state index in [1.165, 1.54) is 6.92 Å². The molecule has 1 atom stereocenters. The Morgan fingerprint density at radius 3 is 1.52 bits per heavy atom. The molecule has 3 amide bonds. The first-order valence-corrected chi connectivity index (χ1v) is 20.8. The number of esters is 3. The molecule has 0 radical (unpaired) electrons. The fraction of sp³-hybridized carbons (Fsp3) is 0.375. The van der Waals surface area contributed by atoms with Crippen LogP contribution in [-0.2, 0) is 69.2 Å². The largest absolute Gasteiger partial charge is 0.467 e. The number of nitrogens with one attached hydrogen (secondary N) is 3. The Morgan fingerprint density at radius 2 is 1.03 bits per heavy atom. The fourth-order valence-electron chi connectivity index (χ4n) is 5.60. The van der Waals surface area contributed by atoms with Crippen molar-refractivity contribution in [1.82, 2.24) is 16.0 Å². The minimum atomic E-state index is -1.69. The molecular weight excluding hydrogens is 779 g/mol. The number of carbonyl (C=O) groups excluding carboxylic acids is 6. The summed E-state index contributed by atoms with van der Waals surface area (Å²) in [4.78, 5) is 74.5. The average molecular weight is 838 g/mol. The van der Waals surface area contributed by atoms with Crippen LogP contribution in [0, 0.1) is 0 Å². The highest BCUT2D eigenvalue weighted by atomic mass is 16.6. The number of carbonyl (C=O) groups is 6. The predicted molar refractivity (Wildman–Crippen MR) is 231 cm³/mol. The van der Waals surface area contributed by atoms with Gasteiger partial charge in [0.15, 0.2) is 0 Å². The first-order chi connectivity index (χ1) is 29.6. The molecule has 4 aromatic rings. The van der Waals surface area contributed by atoms with Gasteiger partial charge < -0.3 is 34.9 Å². The quantitative estimate of drug-likeness (QED) is 0.0298. The summed E-state index contributed by atoms with van der Waals surface area (Å²) in [6.07, 6.45) is 4.24. The summed E-state index contributed by atoms with van der Waals surface area (Å²) in [6, 6.07) is 33.3. The topological polar surface area (TPSA) is 175 Å². The Labute approximate surface area is 358 Å². The molecular formula is C48H59N3O10. The van der Waals surface area contributed by atoms with Crippen LogP contribution in [0.4, 0.5) is 0 Å². The molecule has 3 N–H and O–H groups in total. The SMILES string of the molecule is CC(=O)OCc1ccccc1.CCCCCNC(=O)C(Cc1ccc(OC(C(=O)OCc2ccccc2)C(=O)OCc2ccccc2)cc1)NC(=O)CNC(=O)CCCCC. The Bertz CT molecular complexity index is 1850. The van der Waals surface area contributed by atoms with E-state index in [2.05, 4.69) is 22.9 Å². The summed E-state index contributed by atoms with van der Waals surface area (Å²) in [5.74, 6) is -2.89. The van der Waals surface area contributed by atoms with E-state index in [0.717, 1.165) is 55.2 Å². The summed E-state index contributed by atoms with van der Waals surface area (Å²) in [7, 11) is 0. The zero-order chi connectivity index (χ0) is 44.1. The van der Waals surface area contributed by atoms with Crippen molar-refractivity contribution in [2.45, 2.75) is 104 Å². The Kier molecular flexibility index (Phi) is 23.1. The predicted octanol–water partition coefficient (Wildman–Crippen LogP) is 6.70. The zero-order valence-corrected chi connectivity index (χ0v) is 35.4. The second-order valence-corrected chi connectivity index (χ2v) is 14.2. The molecule has 0 aliphatic heterocycles. The molecule has 0 aliphatic carbocycles. The maximum atomic E-state index is 13.1. The van der Waals surface area contributed by atoms with Crippen LogP contribution in [0.15, 0.2) is 115 Å². The van der Waals surface area contributed by atoms with Crippen molar-refractivity contribution in [2.24, 2.45) is 0 Å². The minimum Gasteiger partial charge on any atom is -0.467 e. The van der Waals surface area contributed by atoms with Crippen molar-refractivity contribution in [3.63, 3.8) is 0 Å². The van der Waals surface area contributed by atoms with Crippen LogP contribution < -0.4 is 20.7 Å². The second kappa shape index (κ2) is 28.8. The van der Waals surface area contributed by atoms with Crippen LogP contribution >= 0.6 is 0 Å². The number of hydrogen-bond acceptors (Lipinski definition) is 10. The van der Waals surface area contributed by atoms with Gasteiger partial charge in [-0.15, -0.1) is 0 Å². The molecule has 0 aromatic heterocycles. The summed E-state index contributed by atoms with van der Waals surface area (Å²) in [5.41, 5.74) is 3.19. The van der Waals surface area contributed by atoms with Crippen LogP contribution in [0.1, 0.15) is 88.0 Å². The average Bonchev–Trinajstić information content (AvgIpc) is 3.28. The highest BCUT2D eigenvalue weighted by molar-refractivity contribution is 5.98. The summed E-state index contributed by atoms with van der Waals surface area (Å²) < 4.78 is 21.4. The molecule has 0 saturated carbocycles. The van der Waals surface area contributed by atoms with Gasteiger partial charge in [-0.2, -0.15) is 0 Å². The molecule has 0 saturated heterocycles. The Morgan fingerprint density at radius 1 is 0.541 bits per heavy atom. The fourth-order valence-corrected chi connectivity index (χ4v) is 5.60. The molecule has 4 rings (SSSR count). The summed E-state index contributed by atoms with van der Waals surface area (Å²) >= 11 is 0. The third-order valence-electron chi connectivity index (χ3n) is 8.96. The van der Waals surface area contributed by atoms with Gasteiger partial charge in [-0.1, -0.05) is 143 Å². The number of hydrogen-bond donors (Lipinski definition) is 3. The Balaban J connectivity index is 0.000000779. The zero-order valence-electron chi connectivity index (χ0n) is 35.4. The molecule has 0 heterocycles. The minimum absolute atomic E-state index is 0.0550. The second-order valence-electron chi connectivity index (χ2n) is 14.2. The number of unbranched alkanes of at least 4 members (excludes halogenated alkanes) is 4. The van der Waals surface area contributed by atoms with Gasteiger partial charge in [0.1, 0.15) is 31.6 Å². The van der Waals surface area contributed by atoms with Crippen molar-refractivity contribution in [2.75, 3.05) is 13.1 Å². The van der Waals surface area contributed by atoms with Gasteiger partial charge in [-0.25, -0.2) is 9.59 Å². The third kappa shape index (κ3) is 20.8. The summed E-state index contributed by atoms with van der Waals surface area (Å²) in [5, 5.41) is 8.24. The third-order valence-corrected chi connectivity index (χ3v) is 8.96. The van der Waals surface area contributed by atoms with Gasteiger partial charge in [-0.3, -0.25) is 19.2 Å². The lowest BCUT2D eigenvalue weighted by Gasteiger charge is -2.20. The smallest absolute Gasteiger partial charge is 0.359 e. The molecule has 1 unspecified atom stereocenters. The maximum Gasteiger partial charge on any atom is 0.359 e. The van der Waals surface area contributed by atoms with E-state index in [-0.39, 0.29) is 49.7 Å². The van der Waals surface area contributed by atoms with Gasteiger partial charge in [0.05, 0.1) is 6.54 Å². The first-order valence-electron chi connectivity index (χ1n) is 20.8. The van der Waals surface area contributed by atoms with Crippen molar-refractivity contribution >= 4 is 35.6 Å². The van der Waals surface area contributed by atoms with Crippen molar-refractivity contribution in [3.8, 4) is 5.75 Å². The molecule has 326 valence electrons. The lowest BCUT2D eigenvalue weighted by molar-refractivity contribution is -0.168. The van der Waals surface area contributed by atoms with Gasteiger partial charge in [-0.05, 0) is 47.2 Å². The maximum absolute atomic E-state index is 13.1.